The highest BCUT2D eigenvalue weighted by Crippen LogP contribution is 2.25. The molecule has 1 aliphatic rings. The van der Waals surface area contributed by atoms with Crippen LogP contribution in [0.1, 0.15) is 48.2 Å². The molecule has 1 heterocycles. The van der Waals surface area contributed by atoms with Gasteiger partial charge in [-0.25, -0.2) is 9.97 Å². The summed E-state index contributed by atoms with van der Waals surface area (Å²) in [4.78, 5) is 20.7. The summed E-state index contributed by atoms with van der Waals surface area (Å²) < 4.78 is 0. The van der Waals surface area contributed by atoms with E-state index < -0.39 is 0 Å². The van der Waals surface area contributed by atoms with Crippen LogP contribution in [-0.2, 0) is 17.6 Å². The minimum Gasteiger partial charge on any atom is -0.384 e. The lowest BCUT2D eigenvalue weighted by atomic mass is 9.89. The molecule has 1 amide bonds. The van der Waals surface area contributed by atoms with Gasteiger partial charge < -0.3 is 11.1 Å². The Morgan fingerprint density at radius 2 is 2.00 bits per heavy atom. The largest absolute Gasteiger partial charge is 0.384 e. The summed E-state index contributed by atoms with van der Waals surface area (Å²) in [7, 11) is 0. The number of hydrogen-bond acceptors (Lipinski definition) is 5. The van der Waals surface area contributed by atoms with Crippen molar-refractivity contribution in [2.45, 2.75) is 50.7 Å². The van der Waals surface area contributed by atoms with E-state index in [-0.39, 0.29) is 17.7 Å². The molecule has 1 unspecified atom stereocenters. The van der Waals surface area contributed by atoms with Gasteiger partial charge >= 0.3 is 0 Å². The summed E-state index contributed by atoms with van der Waals surface area (Å²) in [6, 6.07) is 8.29. The van der Waals surface area contributed by atoms with Crippen LogP contribution in [0.25, 0.3) is 0 Å². The number of carbonyl (C=O) groups excluding carboxylic acids is 1. The van der Waals surface area contributed by atoms with E-state index in [1.807, 2.05) is 13.8 Å². The number of aromatic nitrogens is 2. The third-order valence-electron chi connectivity index (χ3n) is 4.44. The highest BCUT2D eigenvalue weighted by atomic mass is 32.2. The molecule has 3 rings (SSSR count). The number of nitrogens with one attached hydrogen (secondary N) is 1. The normalized spacial score (nSPS) is 14.6. The van der Waals surface area contributed by atoms with E-state index in [1.165, 1.54) is 42.2 Å². The first-order valence-corrected chi connectivity index (χ1v) is 9.65. The SMILES string of the molecule is Cc1cc(N)nc(SCC(=O)NC(C)c2ccc3c(c2)CCCC3)n1. The van der Waals surface area contributed by atoms with Gasteiger partial charge in [-0.2, -0.15) is 0 Å². The first kappa shape index (κ1) is 17.7. The van der Waals surface area contributed by atoms with Crippen LogP contribution in [0.15, 0.2) is 29.4 Å². The second kappa shape index (κ2) is 7.87. The Balaban J connectivity index is 1.57. The number of amides is 1. The topological polar surface area (TPSA) is 80.9 Å². The van der Waals surface area contributed by atoms with Gasteiger partial charge in [-0.15, -0.1) is 0 Å². The number of nitrogens with zero attached hydrogens (tertiary/aromatic N) is 2. The molecule has 25 heavy (non-hydrogen) atoms. The van der Waals surface area contributed by atoms with Crippen molar-refractivity contribution in [2.75, 3.05) is 11.5 Å². The van der Waals surface area contributed by atoms with Crippen LogP contribution in [-0.4, -0.2) is 21.6 Å². The van der Waals surface area contributed by atoms with Crippen LogP contribution in [0.4, 0.5) is 5.82 Å². The number of rotatable bonds is 5. The van der Waals surface area contributed by atoms with E-state index in [4.69, 9.17) is 5.73 Å². The van der Waals surface area contributed by atoms with Gasteiger partial charge in [0.25, 0.3) is 0 Å². The molecule has 0 saturated heterocycles. The second-order valence-electron chi connectivity index (χ2n) is 6.53. The van der Waals surface area contributed by atoms with Crippen LogP contribution in [0, 0.1) is 6.92 Å². The number of benzene rings is 1. The van der Waals surface area contributed by atoms with E-state index in [2.05, 4.69) is 33.5 Å². The maximum Gasteiger partial charge on any atom is 0.230 e. The summed E-state index contributed by atoms with van der Waals surface area (Å²) in [6.07, 6.45) is 4.85. The fourth-order valence-electron chi connectivity index (χ4n) is 3.15. The molecule has 0 fully saturated rings. The lowest BCUT2D eigenvalue weighted by molar-refractivity contribution is -0.119. The molecule has 1 aromatic heterocycles. The van der Waals surface area contributed by atoms with E-state index in [0.717, 1.165) is 17.7 Å². The predicted molar refractivity (Wildman–Crippen MR) is 102 cm³/mol. The first-order chi connectivity index (χ1) is 12.0. The number of carbonyl (C=O) groups is 1. The zero-order valence-corrected chi connectivity index (χ0v) is 15.5. The molecule has 1 atom stereocenters. The molecule has 6 heteroatoms. The maximum absolute atomic E-state index is 12.2. The Hall–Kier alpha value is -2.08. The van der Waals surface area contributed by atoms with Gasteiger partial charge in [-0.05, 0) is 56.2 Å². The van der Waals surface area contributed by atoms with Gasteiger partial charge in [0.05, 0.1) is 11.8 Å². The predicted octanol–water partition coefficient (Wildman–Crippen LogP) is 3.22. The number of nitrogens with two attached hydrogens (primary N) is 1. The standard InChI is InChI=1S/C19H24N4OS/c1-12-9-17(20)23-19(21-12)25-11-18(24)22-13(2)15-8-7-14-5-3-4-6-16(14)10-15/h7-10,13H,3-6,11H2,1-2H3,(H,22,24)(H2,20,21,23). The average molecular weight is 356 g/mol. The van der Waals surface area contributed by atoms with Crippen LogP contribution >= 0.6 is 11.8 Å². The number of thioether (sulfide) groups is 1. The number of nitrogen functional groups attached to an aromatic ring is 1. The average Bonchev–Trinajstić information content (AvgIpc) is 2.58. The van der Waals surface area contributed by atoms with E-state index in [0.29, 0.717) is 11.0 Å². The molecule has 0 aliphatic heterocycles. The number of fused-ring (bicyclic) bond motifs is 1. The van der Waals surface area contributed by atoms with Crippen molar-refractivity contribution < 1.29 is 4.79 Å². The Kier molecular flexibility index (Phi) is 5.58. The Morgan fingerprint density at radius 1 is 1.24 bits per heavy atom. The van der Waals surface area contributed by atoms with Crippen LogP contribution < -0.4 is 11.1 Å². The summed E-state index contributed by atoms with van der Waals surface area (Å²) in [5, 5.41) is 3.59. The molecular weight excluding hydrogens is 332 g/mol. The van der Waals surface area contributed by atoms with Gasteiger partial charge in [0.2, 0.25) is 5.91 Å². The number of aryl methyl sites for hydroxylation is 3. The van der Waals surface area contributed by atoms with Gasteiger partial charge in [0, 0.05) is 11.8 Å². The first-order valence-electron chi connectivity index (χ1n) is 8.66. The Bertz CT molecular complexity index is 758. The maximum atomic E-state index is 12.2. The summed E-state index contributed by atoms with van der Waals surface area (Å²) in [5.41, 5.74) is 10.6. The fraction of sp³-hybridized carbons (Fsp3) is 0.421. The van der Waals surface area contributed by atoms with Crippen molar-refractivity contribution in [1.29, 1.82) is 0 Å². The third kappa shape index (κ3) is 4.72. The van der Waals surface area contributed by atoms with E-state index in [9.17, 15) is 4.79 Å². The van der Waals surface area contributed by atoms with Crippen LogP contribution in [0.3, 0.4) is 0 Å². The molecule has 5 nitrogen and oxygen atoms in total. The van der Waals surface area contributed by atoms with Crippen molar-refractivity contribution in [3.8, 4) is 0 Å². The lowest BCUT2D eigenvalue weighted by Crippen LogP contribution is -2.28. The quantitative estimate of drug-likeness (QED) is 0.635. The fourth-order valence-corrected chi connectivity index (χ4v) is 3.87. The molecule has 0 bridgehead atoms. The van der Waals surface area contributed by atoms with Crippen molar-refractivity contribution in [3.63, 3.8) is 0 Å². The Labute approximate surface area is 152 Å². The Morgan fingerprint density at radius 3 is 2.76 bits per heavy atom. The molecular formula is C19H24N4OS. The minimum absolute atomic E-state index is 0.0103. The van der Waals surface area contributed by atoms with Gasteiger partial charge in [-0.1, -0.05) is 30.0 Å². The molecule has 1 aliphatic carbocycles. The monoisotopic (exact) mass is 356 g/mol. The van der Waals surface area contributed by atoms with E-state index in [1.54, 1.807) is 6.07 Å². The van der Waals surface area contributed by atoms with Crippen LogP contribution in [0.5, 0.6) is 0 Å². The van der Waals surface area contributed by atoms with Crippen LogP contribution in [0.2, 0.25) is 0 Å². The molecule has 0 radical (unpaired) electrons. The zero-order valence-electron chi connectivity index (χ0n) is 14.7. The number of hydrogen-bond donors (Lipinski definition) is 2. The second-order valence-corrected chi connectivity index (χ2v) is 7.47. The lowest BCUT2D eigenvalue weighted by Gasteiger charge is -2.20. The minimum atomic E-state index is -0.0288. The molecule has 2 aromatic rings. The molecule has 0 saturated carbocycles. The van der Waals surface area contributed by atoms with Gasteiger partial charge in [0.15, 0.2) is 5.16 Å². The molecule has 0 spiro atoms. The van der Waals surface area contributed by atoms with Crippen molar-refractivity contribution >= 4 is 23.5 Å². The number of anilines is 1. The molecule has 132 valence electrons. The molecule has 3 N–H and O–H groups in total. The van der Waals surface area contributed by atoms with Gasteiger partial charge in [-0.3, -0.25) is 4.79 Å². The third-order valence-corrected chi connectivity index (χ3v) is 5.28. The highest BCUT2D eigenvalue weighted by molar-refractivity contribution is 7.99. The van der Waals surface area contributed by atoms with E-state index >= 15 is 0 Å². The molecule has 1 aromatic carbocycles. The smallest absolute Gasteiger partial charge is 0.230 e. The zero-order chi connectivity index (χ0) is 17.8. The van der Waals surface area contributed by atoms with Crippen molar-refractivity contribution in [2.24, 2.45) is 0 Å². The van der Waals surface area contributed by atoms with Crippen molar-refractivity contribution in [3.05, 3.63) is 46.6 Å². The summed E-state index contributed by atoms with van der Waals surface area (Å²) in [5.74, 6) is 0.676. The summed E-state index contributed by atoms with van der Waals surface area (Å²) in [6.45, 7) is 3.88. The van der Waals surface area contributed by atoms with Crippen molar-refractivity contribution in [1.82, 2.24) is 15.3 Å². The van der Waals surface area contributed by atoms with Gasteiger partial charge in [0.1, 0.15) is 5.82 Å². The highest BCUT2D eigenvalue weighted by Gasteiger charge is 2.14. The summed E-state index contributed by atoms with van der Waals surface area (Å²) >= 11 is 1.30.